The predicted molar refractivity (Wildman–Crippen MR) is 110 cm³/mol. The molecule has 1 saturated carbocycles. The Balaban J connectivity index is 1.23. The standard InChI is InChI=1S/C23H25N3O4/c27-23(28)19-11-26(12-19)13-20-10-18(14-29-20)22-24-21(25-30-22)17-8-6-16(7-9-17)15-4-2-1-3-5-15/h6-10,14-15,19H,1-5,11-13H2,(H,27,28). The first-order chi connectivity index (χ1) is 14.7. The van der Waals surface area contributed by atoms with Crippen LogP contribution in [0.15, 0.2) is 45.5 Å². The summed E-state index contributed by atoms with van der Waals surface area (Å²) in [5.74, 6) is 1.40. The van der Waals surface area contributed by atoms with Crippen molar-refractivity contribution in [3.05, 3.63) is 47.9 Å². The number of furan rings is 1. The van der Waals surface area contributed by atoms with Crippen LogP contribution in [0.3, 0.4) is 0 Å². The van der Waals surface area contributed by atoms with Gasteiger partial charge in [-0.2, -0.15) is 4.98 Å². The quantitative estimate of drug-likeness (QED) is 0.640. The third kappa shape index (κ3) is 3.89. The maximum absolute atomic E-state index is 10.9. The molecule has 3 heterocycles. The van der Waals surface area contributed by atoms with Crippen molar-refractivity contribution in [2.24, 2.45) is 5.92 Å². The van der Waals surface area contributed by atoms with Gasteiger partial charge < -0.3 is 14.0 Å². The van der Waals surface area contributed by atoms with Crippen molar-refractivity contribution < 1.29 is 18.8 Å². The lowest BCUT2D eigenvalue weighted by molar-refractivity contribution is -0.147. The number of hydrogen-bond donors (Lipinski definition) is 1. The fraction of sp³-hybridized carbons (Fsp3) is 0.435. The van der Waals surface area contributed by atoms with Crippen LogP contribution in [0, 0.1) is 5.92 Å². The Morgan fingerprint density at radius 1 is 1.10 bits per heavy atom. The van der Waals surface area contributed by atoms with E-state index in [0.29, 0.717) is 37.3 Å². The average molecular weight is 407 g/mol. The molecule has 0 amide bonds. The van der Waals surface area contributed by atoms with Crippen LogP contribution in [-0.2, 0) is 11.3 Å². The molecule has 30 heavy (non-hydrogen) atoms. The highest BCUT2D eigenvalue weighted by Gasteiger charge is 2.32. The number of benzene rings is 1. The average Bonchev–Trinajstić information content (AvgIpc) is 3.40. The van der Waals surface area contributed by atoms with Gasteiger partial charge in [-0.3, -0.25) is 9.69 Å². The Labute approximate surface area is 174 Å². The van der Waals surface area contributed by atoms with Crippen LogP contribution in [0.25, 0.3) is 22.8 Å². The molecule has 7 heteroatoms. The number of nitrogens with zero attached hydrogens (tertiary/aromatic N) is 3. The van der Waals surface area contributed by atoms with Gasteiger partial charge >= 0.3 is 5.97 Å². The third-order valence-electron chi connectivity index (χ3n) is 6.26. The second kappa shape index (κ2) is 8.07. The number of carbonyl (C=O) groups is 1. The van der Waals surface area contributed by atoms with Crippen LogP contribution in [0.5, 0.6) is 0 Å². The molecule has 156 valence electrons. The molecular weight excluding hydrogens is 382 g/mol. The minimum atomic E-state index is -0.739. The number of aromatic nitrogens is 2. The first-order valence-electron chi connectivity index (χ1n) is 10.6. The van der Waals surface area contributed by atoms with Crippen molar-refractivity contribution in [2.45, 2.75) is 44.6 Å². The van der Waals surface area contributed by atoms with Gasteiger partial charge in [-0.1, -0.05) is 48.7 Å². The molecule has 0 atom stereocenters. The van der Waals surface area contributed by atoms with E-state index in [1.165, 1.54) is 37.7 Å². The minimum Gasteiger partial charge on any atom is -0.481 e. The first-order valence-corrected chi connectivity index (χ1v) is 10.6. The molecule has 5 rings (SSSR count). The number of aliphatic carboxylic acids is 1. The largest absolute Gasteiger partial charge is 0.481 e. The van der Waals surface area contributed by atoms with E-state index in [0.717, 1.165) is 16.9 Å². The molecule has 2 aliphatic rings. The van der Waals surface area contributed by atoms with Crippen molar-refractivity contribution in [1.82, 2.24) is 15.0 Å². The van der Waals surface area contributed by atoms with Crippen LogP contribution in [0.2, 0.25) is 0 Å². The van der Waals surface area contributed by atoms with Gasteiger partial charge in [0, 0.05) is 18.7 Å². The fourth-order valence-electron chi connectivity index (χ4n) is 4.45. The molecule has 1 aliphatic carbocycles. The van der Waals surface area contributed by atoms with Gasteiger partial charge in [0.15, 0.2) is 0 Å². The topological polar surface area (TPSA) is 92.6 Å². The summed E-state index contributed by atoms with van der Waals surface area (Å²) >= 11 is 0. The van der Waals surface area contributed by atoms with Gasteiger partial charge in [-0.25, -0.2) is 0 Å². The summed E-state index contributed by atoms with van der Waals surface area (Å²) in [6, 6.07) is 10.4. The third-order valence-corrected chi connectivity index (χ3v) is 6.26. The molecule has 0 radical (unpaired) electrons. The van der Waals surface area contributed by atoms with Crippen LogP contribution in [0.4, 0.5) is 0 Å². The molecule has 3 aromatic rings. The van der Waals surface area contributed by atoms with E-state index in [1.807, 2.05) is 11.0 Å². The van der Waals surface area contributed by atoms with E-state index in [2.05, 4.69) is 34.4 Å². The highest BCUT2D eigenvalue weighted by Crippen LogP contribution is 2.33. The summed E-state index contributed by atoms with van der Waals surface area (Å²) in [7, 11) is 0. The van der Waals surface area contributed by atoms with Gasteiger partial charge in [0.05, 0.1) is 18.0 Å². The lowest BCUT2D eigenvalue weighted by Gasteiger charge is -2.35. The van der Waals surface area contributed by atoms with Crippen molar-refractivity contribution in [1.29, 1.82) is 0 Å². The number of likely N-dealkylation sites (tertiary alicyclic amines) is 1. The smallest absolute Gasteiger partial charge is 0.309 e. The van der Waals surface area contributed by atoms with Crippen LogP contribution >= 0.6 is 0 Å². The van der Waals surface area contributed by atoms with E-state index in [-0.39, 0.29) is 5.92 Å². The molecular formula is C23H25N3O4. The Morgan fingerprint density at radius 2 is 1.87 bits per heavy atom. The molecule has 2 fully saturated rings. The number of carboxylic acids is 1. The SMILES string of the molecule is O=C(O)C1CN(Cc2cc(-c3nc(-c4ccc(C5CCCCC5)cc4)no3)co2)C1. The van der Waals surface area contributed by atoms with Crippen LogP contribution < -0.4 is 0 Å². The molecule has 2 aromatic heterocycles. The van der Waals surface area contributed by atoms with E-state index in [9.17, 15) is 4.79 Å². The molecule has 7 nitrogen and oxygen atoms in total. The van der Waals surface area contributed by atoms with Crippen LogP contribution in [0.1, 0.15) is 49.3 Å². The molecule has 0 spiro atoms. The normalized spacial score (nSPS) is 18.4. The molecule has 0 bridgehead atoms. The minimum absolute atomic E-state index is 0.276. The second-order valence-electron chi connectivity index (χ2n) is 8.41. The van der Waals surface area contributed by atoms with E-state index < -0.39 is 5.97 Å². The molecule has 1 saturated heterocycles. The summed E-state index contributed by atoms with van der Waals surface area (Å²) in [5.41, 5.74) is 3.07. The van der Waals surface area contributed by atoms with Crippen molar-refractivity contribution in [3.8, 4) is 22.8 Å². The van der Waals surface area contributed by atoms with E-state index in [1.54, 1.807) is 6.26 Å². The van der Waals surface area contributed by atoms with E-state index >= 15 is 0 Å². The van der Waals surface area contributed by atoms with Gasteiger partial charge in [0.25, 0.3) is 5.89 Å². The highest BCUT2D eigenvalue weighted by molar-refractivity contribution is 5.71. The lowest BCUT2D eigenvalue weighted by Crippen LogP contribution is -2.49. The van der Waals surface area contributed by atoms with Gasteiger partial charge in [-0.05, 0) is 30.4 Å². The fourth-order valence-corrected chi connectivity index (χ4v) is 4.45. The Hall–Kier alpha value is -2.93. The van der Waals surface area contributed by atoms with E-state index in [4.69, 9.17) is 14.0 Å². The maximum atomic E-state index is 10.9. The molecule has 1 N–H and O–H groups in total. The zero-order valence-electron chi connectivity index (χ0n) is 16.8. The maximum Gasteiger partial charge on any atom is 0.309 e. The molecule has 0 unspecified atom stereocenters. The molecule has 1 aromatic carbocycles. The predicted octanol–water partition coefficient (Wildman–Crippen LogP) is 4.56. The van der Waals surface area contributed by atoms with Crippen molar-refractivity contribution in [3.63, 3.8) is 0 Å². The summed E-state index contributed by atoms with van der Waals surface area (Å²) < 4.78 is 11.0. The monoisotopic (exact) mass is 407 g/mol. The molecule has 1 aliphatic heterocycles. The Morgan fingerprint density at radius 3 is 2.60 bits per heavy atom. The summed E-state index contributed by atoms with van der Waals surface area (Å²) in [4.78, 5) is 17.5. The van der Waals surface area contributed by atoms with Gasteiger partial charge in [0.1, 0.15) is 12.0 Å². The number of carboxylic acid groups (broad SMARTS) is 1. The Bertz CT molecular complexity index is 1010. The number of rotatable bonds is 6. The van der Waals surface area contributed by atoms with Gasteiger partial charge in [0.2, 0.25) is 5.82 Å². The van der Waals surface area contributed by atoms with Crippen molar-refractivity contribution >= 4 is 5.97 Å². The Kier molecular flexibility index (Phi) is 5.12. The zero-order chi connectivity index (χ0) is 20.5. The second-order valence-corrected chi connectivity index (χ2v) is 8.41. The lowest BCUT2D eigenvalue weighted by atomic mass is 9.84. The van der Waals surface area contributed by atoms with Gasteiger partial charge in [-0.15, -0.1) is 0 Å². The summed E-state index contributed by atoms with van der Waals surface area (Å²) in [6.07, 6.45) is 8.17. The summed E-state index contributed by atoms with van der Waals surface area (Å²) in [6.45, 7) is 1.67. The van der Waals surface area contributed by atoms with Crippen molar-refractivity contribution in [2.75, 3.05) is 13.1 Å². The number of hydrogen-bond acceptors (Lipinski definition) is 6. The highest BCUT2D eigenvalue weighted by atomic mass is 16.5. The zero-order valence-corrected chi connectivity index (χ0v) is 16.8. The first kappa shape index (κ1) is 19.1. The summed E-state index contributed by atoms with van der Waals surface area (Å²) in [5, 5.41) is 13.1. The van der Waals surface area contributed by atoms with Crippen LogP contribution in [-0.4, -0.2) is 39.2 Å².